The summed E-state index contributed by atoms with van der Waals surface area (Å²) in [5.41, 5.74) is 0.649. The average molecular weight is 235 g/mol. The lowest BCUT2D eigenvalue weighted by Gasteiger charge is -2.06. The minimum absolute atomic E-state index is 0.00714. The summed E-state index contributed by atoms with van der Waals surface area (Å²) < 4.78 is 1.48. The first-order valence-corrected chi connectivity index (χ1v) is 5.32. The van der Waals surface area contributed by atoms with Crippen LogP contribution in [0.2, 0.25) is 0 Å². The summed E-state index contributed by atoms with van der Waals surface area (Å²) in [6.07, 6.45) is 1.92. The highest BCUT2D eigenvalue weighted by Crippen LogP contribution is 2.11. The fourth-order valence-electron chi connectivity index (χ4n) is 1.77. The molecule has 2 aromatic rings. The molecule has 0 fully saturated rings. The van der Waals surface area contributed by atoms with Gasteiger partial charge in [-0.25, -0.2) is 9.31 Å². The molecule has 0 amide bonds. The van der Waals surface area contributed by atoms with Gasteiger partial charge in [-0.15, -0.1) is 0 Å². The van der Waals surface area contributed by atoms with Crippen molar-refractivity contribution in [2.45, 2.75) is 20.3 Å². The molecule has 2 N–H and O–H groups in total. The zero-order valence-electron chi connectivity index (χ0n) is 9.60. The van der Waals surface area contributed by atoms with E-state index in [0.717, 1.165) is 0 Å². The molecular formula is C11H13N3O3. The zero-order valence-corrected chi connectivity index (χ0v) is 9.60. The van der Waals surface area contributed by atoms with E-state index in [1.54, 1.807) is 0 Å². The van der Waals surface area contributed by atoms with Gasteiger partial charge in [-0.3, -0.25) is 4.79 Å². The molecule has 0 unspecified atom stereocenters. The summed E-state index contributed by atoms with van der Waals surface area (Å²) >= 11 is 0. The summed E-state index contributed by atoms with van der Waals surface area (Å²) in [5.74, 6) is -0.741. The summed E-state index contributed by atoms with van der Waals surface area (Å²) in [6.45, 7) is 4.04. The zero-order chi connectivity index (χ0) is 12.6. The van der Waals surface area contributed by atoms with Gasteiger partial charge < -0.3 is 10.1 Å². The second-order valence-corrected chi connectivity index (χ2v) is 4.35. The Morgan fingerprint density at radius 2 is 2.29 bits per heavy atom. The molecule has 2 aromatic heterocycles. The van der Waals surface area contributed by atoms with Gasteiger partial charge in [0.15, 0.2) is 5.65 Å². The number of aromatic nitrogens is 3. The van der Waals surface area contributed by atoms with Gasteiger partial charge in [0, 0.05) is 6.07 Å². The van der Waals surface area contributed by atoms with Crippen LogP contribution in [0.4, 0.5) is 0 Å². The number of aromatic carboxylic acids is 1. The van der Waals surface area contributed by atoms with Crippen LogP contribution in [0.3, 0.4) is 0 Å². The number of carbonyl (C=O) groups is 1. The van der Waals surface area contributed by atoms with Gasteiger partial charge in [-0.05, 0) is 12.3 Å². The number of H-pyrrole nitrogens is 1. The van der Waals surface area contributed by atoms with E-state index in [9.17, 15) is 9.59 Å². The van der Waals surface area contributed by atoms with E-state index in [-0.39, 0.29) is 16.8 Å². The van der Waals surface area contributed by atoms with Gasteiger partial charge in [-0.2, -0.15) is 5.10 Å². The van der Waals surface area contributed by atoms with Crippen LogP contribution in [-0.4, -0.2) is 25.7 Å². The van der Waals surface area contributed by atoms with Crippen molar-refractivity contribution in [2.75, 3.05) is 0 Å². The molecule has 2 heterocycles. The maximum absolute atomic E-state index is 11.5. The third kappa shape index (κ3) is 2.06. The summed E-state index contributed by atoms with van der Waals surface area (Å²) in [7, 11) is 0. The Balaban J connectivity index is 2.70. The Morgan fingerprint density at radius 1 is 1.59 bits per heavy atom. The number of carboxylic acids is 1. The number of nitrogens with zero attached hydrogens (tertiary/aromatic N) is 2. The number of fused-ring (bicyclic) bond motifs is 1. The van der Waals surface area contributed by atoms with E-state index in [4.69, 9.17) is 5.11 Å². The van der Waals surface area contributed by atoms with Crippen LogP contribution in [0, 0.1) is 5.92 Å². The van der Waals surface area contributed by atoms with Gasteiger partial charge in [0.2, 0.25) is 0 Å². The molecule has 6 heteroatoms. The first-order valence-electron chi connectivity index (χ1n) is 5.32. The minimum atomic E-state index is -1.10. The average Bonchev–Trinajstić information content (AvgIpc) is 2.59. The van der Waals surface area contributed by atoms with E-state index in [0.29, 0.717) is 18.0 Å². The van der Waals surface area contributed by atoms with Crippen LogP contribution in [0.25, 0.3) is 5.65 Å². The van der Waals surface area contributed by atoms with Crippen LogP contribution in [0.5, 0.6) is 0 Å². The van der Waals surface area contributed by atoms with Crippen LogP contribution in [0.1, 0.15) is 29.9 Å². The second kappa shape index (κ2) is 4.04. The van der Waals surface area contributed by atoms with Crippen LogP contribution in [-0.2, 0) is 6.42 Å². The fraction of sp³-hybridized carbons (Fsp3) is 0.364. The number of hydrogen-bond donors (Lipinski definition) is 2. The summed E-state index contributed by atoms with van der Waals surface area (Å²) in [5, 5.41) is 13.0. The number of hydrogen-bond acceptors (Lipinski definition) is 3. The highest BCUT2D eigenvalue weighted by Gasteiger charge is 2.15. The molecule has 0 atom stereocenters. The van der Waals surface area contributed by atoms with Gasteiger partial charge in [0.05, 0.1) is 11.9 Å². The number of rotatable bonds is 3. The predicted octanol–water partition coefficient (Wildman–Crippen LogP) is 0.919. The van der Waals surface area contributed by atoms with E-state index >= 15 is 0 Å². The Hall–Kier alpha value is -2.11. The molecule has 90 valence electrons. The Morgan fingerprint density at radius 3 is 2.88 bits per heavy atom. The Labute approximate surface area is 96.9 Å². The molecule has 0 aliphatic heterocycles. The standard InChI is InChI=1S/C11H13N3O3/c1-6(2)3-7-4-9(15)13-10-8(11(16)17)5-12-14(7)10/h4-6H,3H2,1-2H3,(H,13,15)(H,16,17). The topological polar surface area (TPSA) is 87.5 Å². The maximum atomic E-state index is 11.5. The van der Waals surface area contributed by atoms with Crippen LogP contribution in [0.15, 0.2) is 17.1 Å². The normalized spacial score (nSPS) is 11.2. The van der Waals surface area contributed by atoms with Gasteiger partial charge in [0.1, 0.15) is 5.56 Å². The van der Waals surface area contributed by atoms with Crippen molar-refractivity contribution in [3.63, 3.8) is 0 Å². The first-order chi connectivity index (χ1) is 7.99. The molecule has 0 saturated heterocycles. The van der Waals surface area contributed by atoms with Crippen molar-refractivity contribution in [3.05, 3.63) is 33.9 Å². The Bertz CT molecular complexity index is 624. The molecular weight excluding hydrogens is 222 g/mol. The monoisotopic (exact) mass is 235 g/mol. The summed E-state index contributed by atoms with van der Waals surface area (Å²) in [6, 6.07) is 1.45. The fourth-order valence-corrected chi connectivity index (χ4v) is 1.77. The van der Waals surface area contributed by atoms with Gasteiger partial charge in [0.25, 0.3) is 5.56 Å². The molecule has 6 nitrogen and oxygen atoms in total. The molecule has 2 rings (SSSR count). The lowest BCUT2D eigenvalue weighted by molar-refractivity contribution is 0.0699. The predicted molar refractivity (Wildman–Crippen MR) is 61.3 cm³/mol. The molecule has 0 aromatic carbocycles. The SMILES string of the molecule is CC(C)Cc1cc(=O)[nH]c2c(C(=O)O)cnn12. The Kier molecular flexibility index (Phi) is 2.71. The highest BCUT2D eigenvalue weighted by atomic mass is 16.4. The van der Waals surface area contributed by atoms with Crippen LogP contribution < -0.4 is 5.56 Å². The van der Waals surface area contributed by atoms with Crippen molar-refractivity contribution in [1.82, 2.24) is 14.6 Å². The quantitative estimate of drug-likeness (QED) is 0.828. The third-order valence-corrected chi connectivity index (χ3v) is 2.43. The van der Waals surface area contributed by atoms with Crippen molar-refractivity contribution < 1.29 is 9.90 Å². The smallest absolute Gasteiger partial charge is 0.341 e. The molecule has 0 aliphatic carbocycles. The van der Waals surface area contributed by atoms with Gasteiger partial charge in [-0.1, -0.05) is 13.8 Å². The minimum Gasteiger partial charge on any atom is -0.477 e. The molecule has 0 bridgehead atoms. The second-order valence-electron chi connectivity index (χ2n) is 4.35. The van der Waals surface area contributed by atoms with E-state index < -0.39 is 5.97 Å². The third-order valence-electron chi connectivity index (χ3n) is 2.43. The number of carboxylic acid groups (broad SMARTS) is 1. The van der Waals surface area contributed by atoms with Crippen LogP contribution >= 0.6 is 0 Å². The molecule has 0 saturated carbocycles. The highest BCUT2D eigenvalue weighted by molar-refractivity contribution is 5.94. The maximum Gasteiger partial charge on any atom is 0.341 e. The molecule has 0 radical (unpaired) electrons. The first kappa shape index (κ1) is 11.4. The molecule has 0 aliphatic rings. The lowest BCUT2D eigenvalue weighted by atomic mass is 10.1. The van der Waals surface area contributed by atoms with Crippen molar-refractivity contribution in [1.29, 1.82) is 0 Å². The molecule has 17 heavy (non-hydrogen) atoms. The summed E-state index contributed by atoms with van der Waals surface area (Å²) in [4.78, 5) is 24.9. The molecule has 0 spiro atoms. The van der Waals surface area contributed by atoms with Crippen molar-refractivity contribution in [3.8, 4) is 0 Å². The number of nitrogens with one attached hydrogen (secondary N) is 1. The lowest BCUT2D eigenvalue weighted by Crippen LogP contribution is -2.14. The van der Waals surface area contributed by atoms with E-state index in [1.807, 2.05) is 13.8 Å². The number of aromatic amines is 1. The van der Waals surface area contributed by atoms with E-state index in [1.165, 1.54) is 16.8 Å². The van der Waals surface area contributed by atoms with Gasteiger partial charge >= 0.3 is 5.97 Å². The van der Waals surface area contributed by atoms with Crippen molar-refractivity contribution in [2.24, 2.45) is 5.92 Å². The van der Waals surface area contributed by atoms with E-state index in [2.05, 4.69) is 10.1 Å². The van der Waals surface area contributed by atoms with Crippen molar-refractivity contribution >= 4 is 11.6 Å². The largest absolute Gasteiger partial charge is 0.477 e.